The van der Waals surface area contributed by atoms with Gasteiger partial charge in [0.1, 0.15) is 0 Å². The Morgan fingerprint density at radius 3 is 1.73 bits per heavy atom. The maximum Gasteiger partial charge on any atom is 0.166 e. The smallest absolute Gasteiger partial charge is 0.166 e. The molecule has 1 aromatic rings. The second-order valence-corrected chi connectivity index (χ2v) is 7.76. The summed E-state index contributed by atoms with van der Waals surface area (Å²) in [5, 5.41) is 0. The summed E-state index contributed by atoms with van der Waals surface area (Å²) in [5.74, 6) is 0.517. The number of nitrogens with zero attached hydrogens (tertiary/aromatic N) is 1. The van der Waals surface area contributed by atoms with Gasteiger partial charge in [0.05, 0.1) is 0 Å². The molecule has 0 aliphatic carbocycles. The molecule has 0 amide bonds. The zero-order chi connectivity index (χ0) is 18.9. The lowest BCUT2D eigenvalue weighted by molar-refractivity contribution is 0.0903. The van der Waals surface area contributed by atoms with Crippen molar-refractivity contribution in [3.8, 4) is 0 Å². The molecule has 0 fully saturated rings. The molecule has 148 valence electrons. The number of Topliss-reactive ketones (excluding diaryl/α,β-unsaturated/α-hetero) is 1. The van der Waals surface area contributed by atoms with Crippen LogP contribution in [0.25, 0.3) is 0 Å². The van der Waals surface area contributed by atoms with Crippen molar-refractivity contribution in [3.05, 3.63) is 30.1 Å². The molecule has 0 aliphatic heterocycles. The van der Waals surface area contributed by atoms with Crippen LogP contribution in [0.2, 0.25) is 0 Å². The van der Waals surface area contributed by atoms with Crippen LogP contribution in [0.1, 0.15) is 121 Å². The van der Waals surface area contributed by atoms with Crippen molar-refractivity contribution in [2.75, 3.05) is 0 Å². The molecule has 1 atom stereocenters. The predicted octanol–water partition coefficient (Wildman–Crippen LogP) is 7.77. The van der Waals surface area contributed by atoms with Crippen LogP contribution >= 0.6 is 0 Å². The van der Waals surface area contributed by atoms with E-state index < -0.39 is 0 Å². The Kier molecular flexibility index (Phi) is 14.1. The predicted molar refractivity (Wildman–Crippen MR) is 113 cm³/mol. The zero-order valence-electron chi connectivity index (χ0n) is 17.3. The van der Waals surface area contributed by atoms with Gasteiger partial charge in [-0.2, -0.15) is 0 Å². The van der Waals surface area contributed by atoms with Crippen molar-refractivity contribution >= 4 is 5.78 Å². The minimum atomic E-state index is 0.200. The van der Waals surface area contributed by atoms with Crippen molar-refractivity contribution in [2.45, 2.75) is 110 Å². The van der Waals surface area contributed by atoms with Crippen LogP contribution in [0.15, 0.2) is 24.5 Å². The fraction of sp³-hybridized carbons (Fsp3) is 0.750. The van der Waals surface area contributed by atoms with E-state index in [0.717, 1.165) is 24.8 Å². The molecule has 1 heterocycles. The first-order chi connectivity index (χ1) is 12.8. The van der Waals surface area contributed by atoms with Crippen molar-refractivity contribution in [1.82, 2.24) is 4.98 Å². The molecule has 0 saturated carbocycles. The number of carbonyl (C=O) groups is 1. The van der Waals surface area contributed by atoms with Crippen LogP contribution in [0, 0.1) is 5.92 Å². The summed E-state index contributed by atoms with van der Waals surface area (Å²) in [5.41, 5.74) is 0.831. The normalized spacial score (nSPS) is 12.2. The monoisotopic (exact) mass is 359 g/mol. The van der Waals surface area contributed by atoms with Gasteiger partial charge in [0.15, 0.2) is 5.78 Å². The second kappa shape index (κ2) is 16.0. The van der Waals surface area contributed by atoms with Gasteiger partial charge in [0.2, 0.25) is 0 Å². The molecule has 0 spiro atoms. The lowest BCUT2D eigenvalue weighted by Gasteiger charge is -2.15. The largest absolute Gasteiger partial charge is 0.294 e. The third-order valence-corrected chi connectivity index (χ3v) is 5.38. The number of hydrogen-bond donors (Lipinski definition) is 0. The van der Waals surface area contributed by atoms with E-state index in [1.54, 1.807) is 12.4 Å². The Bertz CT molecular complexity index is 443. The summed E-state index contributed by atoms with van der Waals surface area (Å²) < 4.78 is 0. The first-order valence-corrected chi connectivity index (χ1v) is 11.2. The Morgan fingerprint density at radius 1 is 0.731 bits per heavy atom. The highest BCUT2D eigenvalue weighted by molar-refractivity contribution is 5.97. The first-order valence-electron chi connectivity index (χ1n) is 11.2. The summed E-state index contributed by atoms with van der Waals surface area (Å²) in [4.78, 5) is 16.7. The summed E-state index contributed by atoms with van der Waals surface area (Å²) in [6, 6.07) is 3.71. The van der Waals surface area contributed by atoms with E-state index in [4.69, 9.17) is 0 Å². The van der Waals surface area contributed by atoms with Gasteiger partial charge in [0.25, 0.3) is 0 Å². The topological polar surface area (TPSA) is 30.0 Å². The Balaban J connectivity index is 2.06. The number of carbonyl (C=O) groups excluding carboxylic acids is 1. The molecule has 1 rings (SSSR count). The fourth-order valence-corrected chi connectivity index (χ4v) is 3.74. The van der Waals surface area contributed by atoms with Crippen LogP contribution in [-0.4, -0.2) is 10.8 Å². The highest BCUT2D eigenvalue weighted by atomic mass is 16.1. The van der Waals surface area contributed by atoms with Crippen LogP contribution in [0.4, 0.5) is 0 Å². The number of hydrogen-bond acceptors (Lipinski definition) is 2. The van der Waals surface area contributed by atoms with E-state index in [1.165, 1.54) is 77.0 Å². The molecule has 1 unspecified atom stereocenters. The quantitative estimate of drug-likeness (QED) is 0.210. The van der Waals surface area contributed by atoms with Gasteiger partial charge in [-0.3, -0.25) is 9.78 Å². The van der Waals surface area contributed by atoms with E-state index in [1.807, 2.05) is 12.1 Å². The molecule has 2 heteroatoms. The molecule has 1 aromatic heterocycles. The van der Waals surface area contributed by atoms with Gasteiger partial charge in [0, 0.05) is 23.9 Å². The van der Waals surface area contributed by atoms with Crippen molar-refractivity contribution in [1.29, 1.82) is 0 Å². The molecule has 0 radical (unpaired) electrons. The van der Waals surface area contributed by atoms with Crippen LogP contribution in [0.5, 0.6) is 0 Å². The Hall–Kier alpha value is -1.18. The molecule has 0 N–H and O–H groups in total. The highest BCUT2D eigenvalue weighted by Gasteiger charge is 2.18. The van der Waals surface area contributed by atoms with Crippen LogP contribution < -0.4 is 0 Å². The molecular weight excluding hydrogens is 318 g/mol. The third kappa shape index (κ3) is 10.7. The minimum absolute atomic E-state index is 0.200. The van der Waals surface area contributed by atoms with Crippen molar-refractivity contribution in [2.24, 2.45) is 5.92 Å². The van der Waals surface area contributed by atoms with E-state index in [2.05, 4.69) is 18.8 Å². The van der Waals surface area contributed by atoms with E-state index in [-0.39, 0.29) is 5.92 Å². The van der Waals surface area contributed by atoms with Gasteiger partial charge < -0.3 is 0 Å². The summed E-state index contributed by atoms with van der Waals surface area (Å²) in [6.45, 7) is 4.45. The highest BCUT2D eigenvalue weighted by Crippen LogP contribution is 2.21. The number of unbranched alkanes of at least 4 members (excludes halogenated alkanes) is 11. The zero-order valence-corrected chi connectivity index (χ0v) is 17.3. The molecule has 0 aliphatic rings. The van der Waals surface area contributed by atoms with Crippen molar-refractivity contribution < 1.29 is 4.79 Å². The summed E-state index contributed by atoms with van der Waals surface area (Å²) in [7, 11) is 0. The Labute approximate surface area is 162 Å². The number of aromatic nitrogens is 1. The van der Waals surface area contributed by atoms with E-state index in [0.29, 0.717) is 5.78 Å². The van der Waals surface area contributed by atoms with Gasteiger partial charge in [-0.25, -0.2) is 0 Å². The molecule has 0 aromatic carbocycles. The van der Waals surface area contributed by atoms with Gasteiger partial charge >= 0.3 is 0 Å². The Morgan fingerprint density at radius 2 is 1.23 bits per heavy atom. The van der Waals surface area contributed by atoms with Crippen LogP contribution in [0.3, 0.4) is 0 Å². The maximum atomic E-state index is 12.6. The average Bonchev–Trinajstić information content (AvgIpc) is 2.68. The molecule has 26 heavy (non-hydrogen) atoms. The SMILES string of the molecule is CCCCCCCCCCCCCCC(CCC)C(=O)c1ccncc1. The standard InChI is InChI=1S/C24H41NO/c1-3-5-6-7-8-9-10-11-12-13-14-15-17-22(16-4-2)24(26)23-18-20-25-21-19-23/h18-22H,3-17H2,1-2H3. The molecule has 0 bridgehead atoms. The third-order valence-electron chi connectivity index (χ3n) is 5.38. The maximum absolute atomic E-state index is 12.6. The van der Waals surface area contributed by atoms with E-state index >= 15 is 0 Å². The summed E-state index contributed by atoms with van der Waals surface area (Å²) in [6.07, 6.45) is 23.0. The van der Waals surface area contributed by atoms with Gasteiger partial charge in [-0.1, -0.05) is 97.3 Å². The lowest BCUT2D eigenvalue weighted by Crippen LogP contribution is -2.15. The van der Waals surface area contributed by atoms with Crippen LogP contribution in [-0.2, 0) is 0 Å². The number of rotatable bonds is 17. The average molecular weight is 360 g/mol. The fourth-order valence-electron chi connectivity index (χ4n) is 3.74. The number of pyridine rings is 1. The first kappa shape index (κ1) is 22.9. The van der Waals surface area contributed by atoms with E-state index in [9.17, 15) is 4.79 Å². The summed E-state index contributed by atoms with van der Waals surface area (Å²) >= 11 is 0. The lowest BCUT2D eigenvalue weighted by atomic mass is 9.89. The van der Waals surface area contributed by atoms with Gasteiger partial charge in [-0.05, 0) is 25.0 Å². The van der Waals surface area contributed by atoms with Gasteiger partial charge in [-0.15, -0.1) is 0 Å². The number of ketones is 1. The second-order valence-electron chi connectivity index (χ2n) is 7.76. The minimum Gasteiger partial charge on any atom is -0.294 e. The molecule has 2 nitrogen and oxygen atoms in total. The molecule has 0 saturated heterocycles. The van der Waals surface area contributed by atoms with Crippen molar-refractivity contribution in [3.63, 3.8) is 0 Å². The molecular formula is C24H41NO.